The average molecular weight is 270 g/mol. The quantitative estimate of drug-likeness (QED) is 0.853. The first-order chi connectivity index (χ1) is 8.92. The largest absolute Gasteiger partial charge is 0.389 e. The van der Waals surface area contributed by atoms with Gasteiger partial charge in [-0.15, -0.1) is 0 Å². The maximum Gasteiger partial charge on any atom is 0.389 e. The summed E-state index contributed by atoms with van der Waals surface area (Å²) in [6, 6.07) is 11.5. The van der Waals surface area contributed by atoms with E-state index >= 15 is 0 Å². The molecule has 0 heterocycles. The summed E-state index contributed by atoms with van der Waals surface area (Å²) in [4.78, 5) is 0. The molecule has 0 aliphatic carbocycles. The third-order valence-electron chi connectivity index (χ3n) is 2.93. The molecule has 0 bridgehead atoms. The molecular weight excluding hydrogens is 253 g/mol. The Kier molecular flexibility index (Phi) is 5.84. The summed E-state index contributed by atoms with van der Waals surface area (Å²) in [6.07, 6.45) is -5.26. The van der Waals surface area contributed by atoms with Crippen LogP contribution in [0.5, 0.6) is 0 Å². The topological polar surface area (TPSA) is 35.8 Å². The van der Waals surface area contributed by atoms with Gasteiger partial charge < -0.3 is 5.32 Å². The first-order valence-corrected chi connectivity index (χ1v) is 6.17. The molecule has 1 rings (SSSR count). The predicted octanol–water partition coefficient (Wildman–Crippen LogP) is 3.82. The van der Waals surface area contributed by atoms with E-state index in [0.717, 1.165) is 5.56 Å². The highest BCUT2D eigenvalue weighted by molar-refractivity contribution is 5.18. The van der Waals surface area contributed by atoms with E-state index in [2.05, 4.69) is 5.32 Å². The van der Waals surface area contributed by atoms with E-state index < -0.39 is 18.5 Å². The summed E-state index contributed by atoms with van der Waals surface area (Å²) < 4.78 is 36.3. The van der Waals surface area contributed by atoms with E-state index in [0.29, 0.717) is 0 Å². The lowest BCUT2D eigenvalue weighted by atomic mass is 10.0. The van der Waals surface area contributed by atoms with Gasteiger partial charge in [0.15, 0.2) is 0 Å². The normalized spacial score (nSPS) is 14.7. The van der Waals surface area contributed by atoms with Crippen molar-refractivity contribution in [2.45, 2.75) is 32.0 Å². The van der Waals surface area contributed by atoms with Crippen molar-refractivity contribution in [2.75, 3.05) is 6.54 Å². The number of benzene rings is 1. The number of halogens is 3. The highest BCUT2D eigenvalue weighted by Gasteiger charge is 2.28. The first-order valence-electron chi connectivity index (χ1n) is 6.17. The van der Waals surface area contributed by atoms with Gasteiger partial charge >= 0.3 is 6.18 Å². The molecule has 19 heavy (non-hydrogen) atoms. The maximum atomic E-state index is 12.1. The molecule has 1 aromatic carbocycles. The van der Waals surface area contributed by atoms with Crippen molar-refractivity contribution in [1.29, 1.82) is 5.26 Å². The van der Waals surface area contributed by atoms with Gasteiger partial charge in [-0.05, 0) is 18.9 Å². The second-order valence-electron chi connectivity index (χ2n) is 4.52. The molecular formula is C14H17F3N2. The van der Waals surface area contributed by atoms with E-state index in [-0.39, 0.29) is 19.0 Å². The molecule has 2 nitrogen and oxygen atoms in total. The summed E-state index contributed by atoms with van der Waals surface area (Å²) in [7, 11) is 0. The van der Waals surface area contributed by atoms with Crippen LogP contribution in [0.15, 0.2) is 30.3 Å². The molecule has 1 N–H and O–H groups in total. The number of nitrogens with one attached hydrogen (secondary N) is 1. The van der Waals surface area contributed by atoms with Gasteiger partial charge in [0.25, 0.3) is 0 Å². The molecule has 0 fully saturated rings. The number of hydrogen-bond donors (Lipinski definition) is 1. The second-order valence-corrected chi connectivity index (χ2v) is 4.52. The van der Waals surface area contributed by atoms with Crippen molar-refractivity contribution in [3.05, 3.63) is 35.9 Å². The minimum absolute atomic E-state index is 0.0166. The lowest BCUT2D eigenvalue weighted by molar-refractivity contribution is -0.136. The van der Waals surface area contributed by atoms with Crippen LogP contribution in [-0.2, 0) is 0 Å². The monoisotopic (exact) mass is 270 g/mol. The van der Waals surface area contributed by atoms with Gasteiger partial charge in [-0.1, -0.05) is 30.3 Å². The Morgan fingerprint density at radius 1 is 1.26 bits per heavy atom. The summed E-state index contributed by atoms with van der Waals surface area (Å²) >= 11 is 0. The molecule has 0 saturated heterocycles. The molecule has 0 amide bonds. The van der Waals surface area contributed by atoms with Gasteiger partial charge in [0.2, 0.25) is 0 Å². The lowest BCUT2D eigenvalue weighted by Gasteiger charge is -2.17. The molecule has 0 radical (unpaired) electrons. The highest BCUT2D eigenvalue weighted by Crippen LogP contribution is 2.24. The third kappa shape index (κ3) is 6.25. The van der Waals surface area contributed by atoms with Crippen LogP contribution in [-0.4, -0.2) is 12.7 Å². The first kappa shape index (κ1) is 15.5. The van der Waals surface area contributed by atoms with Crippen LogP contribution in [0.3, 0.4) is 0 Å². The SMILES string of the molecule is C[C@@H](NCC(C#N)CCC(F)(F)F)c1ccccc1. The minimum Gasteiger partial charge on any atom is -0.309 e. The van der Waals surface area contributed by atoms with Crippen molar-refractivity contribution in [2.24, 2.45) is 5.92 Å². The summed E-state index contributed by atoms with van der Waals surface area (Å²) in [5.41, 5.74) is 1.05. The zero-order valence-corrected chi connectivity index (χ0v) is 10.7. The second kappa shape index (κ2) is 7.15. The summed E-state index contributed by atoms with van der Waals surface area (Å²) in [5.74, 6) is -0.618. The Labute approximate surface area is 111 Å². The minimum atomic E-state index is -4.19. The molecule has 5 heteroatoms. The van der Waals surface area contributed by atoms with E-state index in [1.54, 1.807) is 0 Å². The fourth-order valence-electron chi connectivity index (χ4n) is 1.73. The van der Waals surface area contributed by atoms with Crippen LogP contribution in [0, 0.1) is 17.2 Å². The Bertz CT molecular complexity index is 409. The van der Waals surface area contributed by atoms with Gasteiger partial charge in [-0.25, -0.2) is 0 Å². The Balaban J connectivity index is 2.40. The molecule has 0 aliphatic rings. The zero-order chi connectivity index (χ0) is 14.3. The number of alkyl halides is 3. The molecule has 1 aromatic rings. The zero-order valence-electron chi connectivity index (χ0n) is 10.7. The number of nitriles is 1. The molecule has 1 unspecified atom stereocenters. The maximum absolute atomic E-state index is 12.1. The third-order valence-corrected chi connectivity index (χ3v) is 2.93. The molecule has 0 aromatic heterocycles. The van der Waals surface area contributed by atoms with Crippen molar-refractivity contribution in [3.63, 3.8) is 0 Å². The van der Waals surface area contributed by atoms with Crippen LogP contribution in [0.2, 0.25) is 0 Å². The number of rotatable bonds is 6. The Morgan fingerprint density at radius 3 is 2.42 bits per heavy atom. The lowest BCUT2D eigenvalue weighted by Crippen LogP contribution is -2.26. The molecule has 2 atom stereocenters. The average Bonchev–Trinajstić information content (AvgIpc) is 2.38. The van der Waals surface area contributed by atoms with Crippen LogP contribution < -0.4 is 5.32 Å². The molecule has 0 spiro atoms. The van der Waals surface area contributed by atoms with Gasteiger partial charge in [0, 0.05) is 19.0 Å². The Hall–Kier alpha value is -1.54. The number of hydrogen-bond acceptors (Lipinski definition) is 2. The molecule has 0 aliphatic heterocycles. The van der Waals surface area contributed by atoms with Crippen molar-refractivity contribution < 1.29 is 13.2 Å². The van der Waals surface area contributed by atoms with Gasteiger partial charge in [-0.3, -0.25) is 0 Å². The van der Waals surface area contributed by atoms with Crippen LogP contribution in [0.4, 0.5) is 13.2 Å². The Morgan fingerprint density at radius 2 is 1.89 bits per heavy atom. The van der Waals surface area contributed by atoms with Crippen molar-refractivity contribution in [1.82, 2.24) is 5.32 Å². The smallest absolute Gasteiger partial charge is 0.309 e. The van der Waals surface area contributed by atoms with E-state index in [1.165, 1.54) is 0 Å². The standard InChI is InChI=1S/C14H17F3N2/c1-11(13-5-3-2-4-6-13)19-10-12(9-18)7-8-14(15,16)17/h2-6,11-12,19H,7-8,10H2,1H3/t11-,12?/m1/s1. The van der Waals surface area contributed by atoms with E-state index in [1.807, 2.05) is 43.3 Å². The van der Waals surface area contributed by atoms with Crippen LogP contribution in [0.1, 0.15) is 31.4 Å². The van der Waals surface area contributed by atoms with Gasteiger partial charge in [-0.2, -0.15) is 18.4 Å². The van der Waals surface area contributed by atoms with Crippen molar-refractivity contribution >= 4 is 0 Å². The van der Waals surface area contributed by atoms with E-state index in [4.69, 9.17) is 5.26 Å². The highest BCUT2D eigenvalue weighted by atomic mass is 19.4. The molecule has 104 valence electrons. The fraction of sp³-hybridized carbons (Fsp3) is 0.500. The summed E-state index contributed by atoms with van der Waals surface area (Å²) in [5, 5.41) is 11.9. The predicted molar refractivity (Wildman–Crippen MR) is 67.3 cm³/mol. The van der Waals surface area contributed by atoms with Crippen LogP contribution in [0.25, 0.3) is 0 Å². The van der Waals surface area contributed by atoms with Crippen molar-refractivity contribution in [3.8, 4) is 6.07 Å². The number of nitrogens with zero attached hydrogens (tertiary/aromatic N) is 1. The summed E-state index contributed by atoms with van der Waals surface area (Å²) in [6.45, 7) is 2.19. The van der Waals surface area contributed by atoms with E-state index in [9.17, 15) is 13.2 Å². The van der Waals surface area contributed by atoms with Gasteiger partial charge in [0.05, 0.1) is 12.0 Å². The fourth-order valence-corrected chi connectivity index (χ4v) is 1.73. The molecule has 0 saturated carbocycles. The van der Waals surface area contributed by atoms with Crippen LogP contribution >= 0.6 is 0 Å². The van der Waals surface area contributed by atoms with Gasteiger partial charge in [0.1, 0.15) is 0 Å².